The molecule has 0 aromatic heterocycles. The molecule has 1 N–H and O–H groups in total. The van der Waals surface area contributed by atoms with Gasteiger partial charge in [-0.25, -0.2) is 4.79 Å². The molecule has 4 nitrogen and oxygen atoms in total. The van der Waals surface area contributed by atoms with Crippen molar-refractivity contribution in [3.05, 3.63) is 0 Å². The Kier molecular flexibility index (Phi) is 3.46. The summed E-state index contributed by atoms with van der Waals surface area (Å²) in [5, 5.41) is 7.97. The Morgan fingerprint density at radius 1 is 1.50 bits per heavy atom. The van der Waals surface area contributed by atoms with Gasteiger partial charge in [0.05, 0.1) is 0 Å². The number of hydrogen-bond donors (Lipinski definition) is 1. The van der Waals surface area contributed by atoms with Crippen LogP contribution in [0.5, 0.6) is 0 Å². The van der Waals surface area contributed by atoms with E-state index in [0.29, 0.717) is 0 Å². The van der Waals surface area contributed by atoms with Crippen molar-refractivity contribution in [1.29, 1.82) is 0 Å². The fourth-order valence-electron chi connectivity index (χ4n) is 0.300. The number of rotatable bonds is 3. The smallest absolute Gasteiger partial charge is 0.450 e. The monoisotopic (exact) mass is 146 g/mol. The molecule has 0 unspecified atom stereocenters. The third kappa shape index (κ3) is 3.88. The summed E-state index contributed by atoms with van der Waals surface area (Å²) in [4.78, 5) is 20.4. The van der Waals surface area contributed by atoms with Crippen molar-refractivity contribution in [2.24, 2.45) is 5.92 Å². The summed E-state index contributed by atoms with van der Waals surface area (Å²) in [6.07, 6.45) is -1.41. The molecular weight excluding hydrogens is 136 g/mol. The molecule has 0 heterocycles. The first-order valence-corrected chi connectivity index (χ1v) is 2.92. The fourth-order valence-corrected chi connectivity index (χ4v) is 0.300. The van der Waals surface area contributed by atoms with Gasteiger partial charge in [0.15, 0.2) is 12.4 Å². The van der Waals surface area contributed by atoms with E-state index in [4.69, 9.17) is 5.11 Å². The molecule has 0 saturated carbocycles. The van der Waals surface area contributed by atoms with Gasteiger partial charge >= 0.3 is 6.16 Å². The first-order chi connectivity index (χ1) is 4.54. The molecule has 0 aromatic carbocycles. The highest BCUT2D eigenvalue weighted by atomic mass is 16.7. The first kappa shape index (κ1) is 8.94. The van der Waals surface area contributed by atoms with E-state index in [1.54, 1.807) is 13.8 Å². The Balaban J connectivity index is 3.50. The fraction of sp³-hybridized carbons (Fsp3) is 0.667. The summed E-state index contributed by atoms with van der Waals surface area (Å²) in [5.41, 5.74) is 0. The van der Waals surface area contributed by atoms with E-state index in [2.05, 4.69) is 4.74 Å². The molecule has 10 heavy (non-hydrogen) atoms. The van der Waals surface area contributed by atoms with Crippen molar-refractivity contribution in [3.63, 3.8) is 0 Å². The molecule has 0 aliphatic carbocycles. The zero-order valence-corrected chi connectivity index (χ0v) is 5.96. The third-order valence-corrected chi connectivity index (χ3v) is 0.982. The Morgan fingerprint density at radius 3 is 2.30 bits per heavy atom. The number of ketones is 1. The van der Waals surface area contributed by atoms with Crippen molar-refractivity contribution in [2.75, 3.05) is 6.61 Å². The molecule has 0 radical (unpaired) electrons. The maximum Gasteiger partial charge on any atom is 0.506 e. The molecule has 4 heteroatoms. The van der Waals surface area contributed by atoms with Gasteiger partial charge < -0.3 is 9.84 Å². The van der Waals surface area contributed by atoms with Crippen LogP contribution in [0.25, 0.3) is 0 Å². The molecule has 0 spiro atoms. The minimum Gasteiger partial charge on any atom is -0.450 e. The molecule has 0 rings (SSSR count). The zero-order valence-electron chi connectivity index (χ0n) is 5.96. The summed E-state index contributed by atoms with van der Waals surface area (Å²) in [6, 6.07) is 0. The van der Waals surface area contributed by atoms with Crippen molar-refractivity contribution in [3.8, 4) is 0 Å². The highest BCUT2D eigenvalue weighted by molar-refractivity contribution is 5.82. The maximum atomic E-state index is 10.7. The van der Waals surface area contributed by atoms with Crippen LogP contribution in [0, 0.1) is 5.92 Å². The van der Waals surface area contributed by atoms with E-state index in [0.717, 1.165) is 0 Å². The normalized spacial score (nSPS) is 9.50. The van der Waals surface area contributed by atoms with Gasteiger partial charge in [0.25, 0.3) is 0 Å². The SMILES string of the molecule is CC(C)C(=O)COC(=O)O. The Bertz CT molecular complexity index is 139. The largest absolute Gasteiger partial charge is 0.506 e. The summed E-state index contributed by atoms with van der Waals surface area (Å²) >= 11 is 0. The molecule has 0 aromatic rings. The van der Waals surface area contributed by atoms with Crippen LogP contribution >= 0.6 is 0 Å². The van der Waals surface area contributed by atoms with Crippen LogP contribution in [0.4, 0.5) is 4.79 Å². The highest BCUT2D eigenvalue weighted by Gasteiger charge is 2.08. The van der Waals surface area contributed by atoms with Crippen molar-refractivity contribution in [1.82, 2.24) is 0 Å². The molecule has 0 fully saturated rings. The lowest BCUT2D eigenvalue weighted by Gasteiger charge is -2.01. The minimum atomic E-state index is -1.41. The second kappa shape index (κ2) is 3.87. The van der Waals surface area contributed by atoms with Crippen molar-refractivity contribution < 1.29 is 19.4 Å². The van der Waals surface area contributed by atoms with Crippen LogP contribution in [0.15, 0.2) is 0 Å². The Morgan fingerprint density at radius 2 is 2.00 bits per heavy atom. The van der Waals surface area contributed by atoms with Gasteiger partial charge in [0, 0.05) is 5.92 Å². The van der Waals surface area contributed by atoms with Gasteiger partial charge in [-0.15, -0.1) is 0 Å². The number of carboxylic acid groups (broad SMARTS) is 1. The van der Waals surface area contributed by atoms with E-state index in [9.17, 15) is 9.59 Å². The molecular formula is C6H10O4. The predicted molar refractivity (Wildman–Crippen MR) is 33.8 cm³/mol. The molecule has 0 aliphatic heterocycles. The Labute approximate surface area is 58.8 Å². The van der Waals surface area contributed by atoms with Gasteiger partial charge in [0.2, 0.25) is 0 Å². The number of carbonyl (C=O) groups excluding carboxylic acids is 1. The second-order valence-corrected chi connectivity index (χ2v) is 2.18. The molecule has 0 bridgehead atoms. The Hall–Kier alpha value is -1.06. The van der Waals surface area contributed by atoms with E-state index in [1.807, 2.05) is 0 Å². The quantitative estimate of drug-likeness (QED) is 0.601. The third-order valence-electron chi connectivity index (χ3n) is 0.982. The zero-order chi connectivity index (χ0) is 8.15. The minimum absolute atomic E-state index is 0.167. The lowest BCUT2D eigenvalue weighted by Crippen LogP contribution is -2.16. The number of ether oxygens (including phenoxy) is 1. The average molecular weight is 146 g/mol. The molecule has 58 valence electrons. The van der Waals surface area contributed by atoms with Gasteiger partial charge in [0.1, 0.15) is 0 Å². The summed E-state index contributed by atoms with van der Waals surface area (Å²) < 4.78 is 4.03. The van der Waals surface area contributed by atoms with Gasteiger partial charge in [-0.3, -0.25) is 4.79 Å². The van der Waals surface area contributed by atoms with Crippen LogP contribution < -0.4 is 0 Å². The number of hydrogen-bond acceptors (Lipinski definition) is 3. The maximum absolute atomic E-state index is 10.7. The average Bonchev–Trinajstić information content (AvgIpc) is 1.82. The van der Waals surface area contributed by atoms with Crippen LogP contribution in [0.2, 0.25) is 0 Å². The predicted octanol–water partition coefficient (Wildman–Crippen LogP) is 0.906. The molecule has 0 amide bonds. The van der Waals surface area contributed by atoms with Gasteiger partial charge in [-0.05, 0) is 0 Å². The van der Waals surface area contributed by atoms with Crippen LogP contribution in [0.1, 0.15) is 13.8 Å². The van der Waals surface area contributed by atoms with E-state index < -0.39 is 6.16 Å². The topological polar surface area (TPSA) is 63.6 Å². The van der Waals surface area contributed by atoms with Crippen molar-refractivity contribution in [2.45, 2.75) is 13.8 Å². The first-order valence-electron chi connectivity index (χ1n) is 2.92. The van der Waals surface area contributed by atoms with E-state index in [1.165, 1.54) is 0 Å². The standard InChI is InChI=1S/C6H10O4/c1-4(2)5(7)3-10-6(8)9/h4H,3H2,1-2H3,(H,8,9). The highest BCUT2D eigenvalue weighted by Crippen LogP contribution is 1.94. The van der Waals surface area contributed by atoms with Crippen molar-refractivity contribution >= 4 is 11.9 Å². The lowest BCUT2D eigenvalue weighted by atomic mass is 10.1. The van der Waals surface area contributed by atoms with Gasteiger partial charge in [-0.1, -0.05) is 13.8 Å². The lowest BCUT2D eigenvalue weighted by molar-refractivity contribution is -0.125. The summed E-state index contributed by atoms with van der Waals surface area (Å²) in [5.74, 6) is -0.373. The molecule has 0 atom stereocenters. The number of Topliss-reactive ketones (excluding diaryl/α,β-unsaturated/α-hetero) is 1. The molecule has 0 aliphatic rings. The summed E-state index contributed by atoms with van der Waals surface area (Å²) in [6.45, 7) is 3.04. The van der Waals surface area contributed by atoms with Crippen LogP contribution in [-0.2, 0) is 9.53 Å². The van der Waals surface area contributed by atoms with Crippen LogP contribution in [0.3, 0.4) is 0 Å². The number of carbonyl (C=O) groups is 2. The second-order valence-electron chi connectivity index (χ2n) is 2.18. The van der Waals surface area contributed by atoms with E-state index in [-0.39, 0.29) is 18.3 Å². The van der Waals surface area contributed by atoms with E-state index >= 15 is 0 Å². The van der Waals surface area contributed by atoms with Gasteiger partial charge in [-0.2, -0.15) is 0 Å². The molecule has 0 saturated heterocycles. The summed E-state index contributed by atoms with van der Waals surface area (Å²) in [7, 11) is 0. The van der Waals surface area contributed by atoms with Crippen LogP contribution in [-0.4, -0.2) is 23.7 Å².